The highest BCUT2D eigenvalue weighted by molar-refractivity contribution is 6.31. The minimum atomic E-state index is -0.0533. The van der Waals surface area contributed by atoms with Crippen LogP contribution in [0.1, 0.15) is 11.1 Å². The highest BCUT2D eigenvalue weighted by Crippen LogP contribution is 2.25. The Balaban J connectivity index is 2.35. The molecule has 3 aromatic rings. The van der Waals surface area contributed by atoms with Gasteiger partial charge in [0.1, 0.15) is 11.8 Å². The van der Waals surface area contributed by atoms with E-state index in [0.717, 1.165) is 16.7 Å². The fraction of sp³-hybridized carbons (Fsp3) is 0.118. The zero-order valence-corrected chi connectivity index (χ0v) is 12.0. The van der Waals surface area contributed by atoms with Crippen LogP contribution in [0.2, 0.25) is 5.02 Å². The maximum atomic E-state index is 12.6. The van der Waals surface area contributed by atoms with Crippen LogP contribution >= 0.6 is 11.6 Å². The molecule has 3 heteroatoms. The summed E-state index contributed by atoms with van der Waals surface area (Å²) < 4.78 is 5.57. The zero-order valence-electron chi connectivity index (χ0n) is 11.2. The molecule has 0 atom stereocenters. The van der Waals surface area contributed by atoms with Gasteiger partial charge in [0.2, 0.25) is 5.43 Å². The van der Waals surface area contributed by atoms with Crippen molar-refractivity contribution >= 4 is 22.6 Å². The van der Waals surface area contributed by atoms with Crippen molar-refractivity contribution < 1.29 is 4.42 Å². The van der Waals surface area contributed by atoms with Crippen molar-refractivity contribution in [1.82, 2.24) is 0 Å². The Bertz CT molecular complexity index is 862. The first kappa shape index (κ1) is 12.9. The largest absolute Gasteiger partial charge is 0.463 e. The lowest BCUT2D eigenvalue weighted by atomic mass is 9.97. The number of halogens is 1. The highest BCUT2D eigenvalue weighted by atomic mass is 35.5. The summed E-state index contributed by atoms with van der Waals surface area (Å²) in [5, 5.41) is 1.04. The summed E-state index contributed by atoms with van der Waals surface area (Å²) in [6, 6.07) is 11.0. The third kappa shape index (κ3) is 2.02. The van der Waals surface area contributed by atoms with Crippen LogP contribution in [0, 0.1) is 13.8 Å². The van der Waals surface area contributed by atoms with Crippen molar-refractivity contribution in [2.45, 2.75) is 13.8 Å². The predicted octanol–water partition coefficient (Wildman–Crippen LogP) is 4.73. The summed E-state index contributed by atoms with van der Waals surface area (Å²) in [7, 11) is 0. The van der Waals surface area contributed by atoms with E-state index in [1.54, 1.807) is 18.2 Å². The number of rotatable bonds is 1. The molecule has 0 saturated carbocycles. The Labute approximate surface area is 121 Å². The molecule has 2 nitrogen and oxygen atoms in total. The number of aryl methyl sites for hydroxylation is 1. The van der Waals surface area contributed by atoms with Gasteiger partial charge in [-0.25, -0.2) is 0 Å². The van der Waals surface area contributed by atoms with Gasteiger partial charge < -0.3 is 4.42 Å². The Morgan fingerprint density at radius 3 is 2.65 bits per heavy atom. The Morgan fingerprint density at radius 1 is 1.05 bits per heavy atom. The summed E-state index contributed by atoms with van der Waals surface area (Å²) in [5.74, 6) is 0. The van der Waals surface area contributed by atoms with Crippen molar-refractivity contribution in [3.05, 3.63) is 69.0 Å². The first-order valence-corrected chi connectivity index (χ1v) is 6.73. The van der Waals surface area contributed by atoms with Gasteiger partial charge in [0, 0.05) is 5.02 Å². The smallest absolute Gasteiger partial charge is 0.200 e. The molecule has 0 saturated heterocycles. The fourth-order valence-electron chi connectivity index (χ4n) is 2.33. The molecule has 0 radical (unpaired) electrons. The fourth-order valence-corrected chi connectivity index (χ4v) is 2.50. The van der Waals surface area contributed by atoms with Crippen LogP contribution in [-0.4, -0.2) is 0 Å². The van der Waals surface area contributed by atoms with Crippen molar-refractivity contribution in [2.24, 2.45) is 0 Å². The molecule has 0 unspecified atom stereocenters. The van der Waals surface area contributed by atoms with E-state index in [1.165, 1.54) is 6.26 Å². The van der Waals surface area contributed by atoms with E-state index >= 15 is 0 Å². The van der Waals surface area contributed by atoms with Crippen LogP contribution < -0.4 is 5.43 Å². The molecule has 20 heavy (non-hydrogen) atoms. The van der Waals surface area contributed by atoms with Gasteiger partial charge in [0.15, 0.2) is 0 Å². The summed E-state index contributed by atoms with van der Waals surface area (Å²) in [4.78, 5) is 12.6. The Morgan fingerprint density at radius 2 is 1.85 bits per heavy atom. The van der Waals surface area contributed by atoms with Gasteiger partial charge in [0.25, 0.3) is 0 Å². The number of fused-ring (bicyclic) bond motifs is 1. The van der Waals surface area contributed by atoms with Gasteiger partial charge >= 0.3 is 0 Å². The molecule has 0 aliphatic heterocycles. The number of benzene rings is 2. The lowest BCUT2D eigenvalue weighted by molar-refractivity contribution is 0.604. The zero-order chi connectivity index (χ0) is 14.3. The van der Waals surface area contributed by atoms with Gasteiger partial charge in [-0.2, -0.15) is 0 Å². The topological polar surface area (TPSA) is 30.2 Å². The van der Waals surface area contributed by atoms with Crippen LogP contribution in [0.25, 0.3) is 22.1 Å². The second kappa shape index (κ2) is 4.80. The van der Waals surface area contributed by atoms with Crippen molar-refractivity contribution in [2.75, 3.05) is 0 Å². The van der Waals surface area contributed by atoms with Gasteiger partial charge in [-0.3, -0.25) is 4.79 Å². The van der Waals surface area contributed by atoms with E-state index < -0.39 is 0 Å². The van der Waals surface area contributed by atoms with Gasteiger partial charge in [-0.15, -0.1) is 0 Å². The van der Waals surface area contributed by atoms with Crippen LogP contribution in [0.5, 0.6) is 0 Å². The average molecular weight is 285 g/mol. The molecule has 0 spiro atoms. The van der Waals surface area contributed by atoms with Gasteiger partial charge in [-0.1, -0.05) is 29.8 Å². The van der Waals surface area contributed by atoms with E-state index in [-0.39, 0.29) is 5.43 Å². The quantitative estimate of drug-likeness (QED) is 0.646. The summed E-state index contributed by atoms with van der Waals surface area (Å²) in [5.41, 5.74) is 4.20. The predicted molar refractivity (Wildman–Crippen MR) is 82.4 cm³/mol. The van der Waals surface area contributed by atoms with E-state index in [4.69, 9.17) is 16.0 Å². The molecule has 1 aromatic heterocycles. The van der Waals surface area contributed by atoms with Crippen molar-refractivity contribution in [3.8, 4) is 11.1 Å². The third-order valence-corrected chi connectivity index (χ3v) is 3.86. The van der Waals surface area contributed by atoms with Crippen LogP contribution in [0.3, 0.4) is 0 Å². The molecular formula is C17H13ClO2. The Hall–Kier alpha value is -2.06. The molecular weight excluding hydrogens is 272 g/mol. The van der Waals surface area contributed by atoms with E-state index in [2.05, 4.69) is 0 Å². The first-order chi connectivity index (χ1) is 9.58. The highest BCUT2D eigenvalue weighted by Gasteiger charge is 2.12. The molecule has 3 rings (SSSR count). The number of hydrogen-bond donors (Lipinski definition) is 0. The van der Waals surface area contributed by atoms with Crippen LogP contribution in [0.15, 0.2) is 51.9 Å². The Kier molecular flexibility index (Phi) is 3.11. The average Bonchev–Trinajstić information content (AvgIpc) is 2.44. The second-order valence-corrected chi connectivity index (χ2v) is 5.30. The minimum Gasteiger partial charge on any atom is -0.463 e. The van der Waals surface area contributed by atoms with E-state index in [9.17, 15) is 4.79 Å². The van der Waals surface area contributed by atoms with Crippen molar-refractivity contribution in [3.63, 3.8) is 0 Å². The van der Waals surface area contributed by atoms with Gasteiger partial charge in [-0.05, 0) is 48.7 Å². The lowest BCUT2D eigenvalue weighted by Crippen LogP contribution is -2.06. The number of hydrogen-bond acceptors (Lipinski definition) is 2. The maximum absolute atomic E-state index is 12.6. The minimum absolute atomic E-state index is 0.0533. The molecule has 0 aliphatic rings. The maximum Gasteiger partial charge on any atom is 0.200 e. The van der Waals surface area contributed by atoms with E-state index in [1.807, 2.05) is 32.0 Å². The molecule has 0 bridgehead atoms. The summed E-state index contributed by atoms with van der Waals surface area (Å²) in [6.07, 6.45) is 1.53. The lowest BCUT2D eigenvalue weighted by Gasteiger charge is -2.08. The SMILES string of the molecule is Cc1cccc(-c2coc3ccc(Cl)cc3c2=O)c1C. The molecule has 0 amide bonds. The molecule has 1 heterocycles. The summed E-state index contributed by atoms with van der Waals surface area (Å²) >= 11 is 5.96. The molecule has 2 aromatic carbocycles. The first-order valence-electron chi connectivity index (χ1n) is 6.35. The monoisotopic (exact) mass is 284 g/mol. The second-order valence-electron chi connectivity index (χ2n) is 4.87. The van der Waals surface area contributed by atoms with Crippen LogP contribution in [0.4, 0.5) is 0 Å². The van der Waals surface area contributed by atoms with E-state index in [0.29, 0.717) is 21.6 Å². The molecule has 0 fully saturated rings. The molecule has 100 valence electrons. The van der Waals surface area contributed by atoms with Crippen molar-refractivity contribution in [1.29, 1.82) is 0 Å². The normalized spacial score (nSPS) is 10.9. The van der Waals surface area contributed by atoms with Gasteiger partial charge in [0.05, 0.1) is 10.9 Å². The molecule has 0 N–H and O–H groups in total. The molecule has 0 aliphatic carbocycles. The third-order valence-electron chi connectivity index (χ3n) is 3.63. The van der Waals surface area contributed by atoms with Crippen LogP contribution in [-0.2, 0) is 0 Å². The standard InChI is InChI=1S/C17H13ClO2/c1-10-4-3-5-13(11(10)2)15-9-20-16-7-6-12(18)8-14(16)17(15)19/h3-9H,1-2H3. The summed E-state index contributed by atoms with van der Waals surface area (Å²) in [6.45, 7) is 4.03.